The first-order chi connectivity index (χ1) is 10.6. The molecular formula is C16H17BrClN3O2. The number of fused-ring (bicyclic) bond motifs is 1. The predicted octanol–water partition coefficient (Wildman–Crippen LogP) is 2.36. The molecule has 0 saturated carbocycles. The second-order valence-electron chi connectivity index (χ2n) is 5.24. The van der Waals surface area contributed by atoms with E-state index in [9.17, 15) is 9.59 Å². The van der Waals surface area contributed by atoms with E-state index < -0.39 is 0 Å². The fraction of sp³-hybridized carbons (Fsp3) is 0.250. The summed E-state index contributed by atoms with van der Waals surface area (Å²) in [6, 6.07) is 6.80. The number of carbonyl (C=O) groups is 1. The molecule has 1 aromatic heterocycles. The average Bonchev–Trinajstić information content (AvgIpc) is 2.53. The van der Waals surface area contributed by atoms with Crippen molar-refractivity contribution in [2.24, 2.45) is 0 Å². The number of H-pyrrole nitrogens is 1. The van der Waals surface area contributed by atoms with Gasteiger partial charge >= 0.3 is 0 Å². The molecule has 5 nitrogen and oxygen atoms in total. The maximum Gasteiger partial charge on any atom is 0.252 e. The van der Waals surface area contributed by atoms with E-state index in [0.717, 1.165) is 29.4 Å². The molecule has 2 heterocycles. The summed E-state index contributed by atoms with van der Waals surface area (Å²) in [4.78, 5) is 26.9. The van der Waals surface area contributed by atoms with Crippen molar-refractivity contribution in [3.05, 3.63) is 56.3 Å². The van der Waals surface area contributed by atoms with Crippen LogP contribution in [0.15, 0.2) is 45.2 Å². The molecule has 0 radical (unpaired) electrons. The van der Waals surface area contributed by atoms with Gasteiger partial charge in [-0.2, -0.15) is 0 Å². The quantitative estimate of drug-likeness (QED) is 0.695. The first kappa shape index (κ1) is 17.7. The van der Waals surface area contributed by atoms with Crippen LogP contribution in [0.25, 0.3) is 10.9 Å². The molecule has 122 valence electrons. The lowest BCUT2D eigenvalue weighted by molar-refractivity contribution is 0.0958. The second-order valence-corrected chi connectivity index (χ2v) is 6.15. The molecule has 23 heavy (non-hydrogen) atoms. The molecule has 0 saturated heterocycles. The van der Waals surface area contributed by atoms with E-state index in [-0.39, 0.29) is 23.9 Å². The molecule has 1 aromatic carbocycles. The van der Waals surface area contributed by atoms with Gasteiger partial charge in [-0.3, -0.25) is 9.59 Å². The van der Waals surface area contributed by atoms with E-state index >= 15 is 0 Å². The smallest absolute Gasteiger partial charge is 0.252 e. The van der Waals surface area contributed by atoms with Crippen molar-refractivity contribution in [1.82, 2.24) is 15.6 Å². The average molecular weight is 399 g/mol. The lowest BCUT2D eigenvalue weighted by atomic mass is 10.1. The number of carbonyl (C=O) groups excluding carboxylic acids is 1. The minimum Gasteiger partial charge on any atom is -0.348 e. The number of aromatic nitrogens is 1. The van der Waals surface area contributed by atoms with Crippen molar-refractivity contribution >= 4 is 45.1 Å². The molecule has 0 bridgehead atoms. The lowest BCUT2D eigenvalue weighted by Gasteiger charge is -2.15. The third-order valence-corrected chi connectivity index (χ3v) is 4.18. The van der Waals surface area contributed by atoms with Crippen LogP contribution in [0.3, 0.4) is 0 Å². The zero-order valence-corrected chi connectivity index (χ0v) is 14.7. The van der Waals surface area contributed by atoms with Gasteiger partial charge in [0.1, 0.15) is 0 Å². The monoisotopic (exact) mass is 397 g/mol. The van der Waals surface area contributed by atoms with E-state index in [1.54, 1.807) is 6.07 Å². The van der Waals surface area contributed by atoms with Gasteiger partial charge in [0, 0.05) is 34.5 Å². The highest BCUT2D eigenvalue weighted by atomic mass is 79.9. The highest BCUT2D eigenvalue weighted by molar-refractivity contribution is 9.10. The Morgan fingerprint density at radius 3 is 2.87 bits per heavy atom. The van der Waals surface area contributed by atoms with Gasteiger partial charge < -0.3 is 15.6 Å². The molecule has 1 aliphatic heterocycles. The van der Waals surface area contributed by atoms with Crippen molar-refractivity contribution < 1.29 is 4.79 Å². The largest absolute Gasteiger partial charge is 0.348 e. The first-order valence-corrected chi connectivity index (χ1v) is 7.92. The molecule has 3 rings (SSSR count). The van der Waals surface area contributed by atoms with Crippen LogP contribution in [0.2, 0.25) is 0 Å². The van der Waals surface area contributed by atoms with Crippen LogP contribution in [-0.4, -0.2) is 30.5 Å². The Labute approximate surface area is 148 Å². The Kier molecular flexibility index (Phi) is 5.98. The van der Waals surface area contributed by atoms with Crippen molar-refractivity contribution in [3.63, 3.8) is 0 Å². The molecule has 0 atom stereocenters. The van der Waals surface area contributed by atoms with Crippen LogP contribution in [0, 0.1) is 0 Å². The standard InChI is InChI=1S/C16H16BrN3O2.ClH/c17-11-1-2-14-12(7-11)13(8-15(21)20-14)16(22)19-9-10-3-5-18-6-4-10;/h1-3,7-8,18H,4-6,9H2,(H,19,22)(H,20,21);1H. The number of amides is 1. The first-order valence-electron chi connectivity index (χ1n) is 7.13. The Morgan fingerprint density at radius 2 is 2.13 bits per heavy atom. The van der Waals surface area contributed by atoms with Crippen molar-refractivity contribution in [3.8, 4) is 0 Å². The molecule has 0 spiro atoms. The number of hydrogen-bond acceptors (Lipinski definition) is 3. The van der Waals surface area contributed by atoms with Gasteiger partial charge in [0.05, 0.1) is 5.56 Å². The van der Waals surface area contributed by atoms with E-state index in [1.807, 2.05) is 12.1 Å². The van der Waals surface area contributed by atoms with Crippen LogP contribution in [0.4, 0.5) is 0 Å². The molecule has 7 heteroatoms. The number of rotatable bonds is 3. The number of halogens is 2. The molecule has 0 fully saturated rings. The van der Waals surface area contributed by atoms with E-state index in [4.69, 9.17) is 0 Å². The van der Waals surface area contributed by atoms with E-state index in [2.05, 4.69) is 37.6 Å². The Balaban J connectivity index is 0.00000192. The highest BCUT2D eigenvalue weighted by Gasteiger charge is 2.13. The molecule has 0 aliphatic carbocycles. The van der Waals surface area contributed by atoms with Crippen LogP contribution in [-0.2, 0) is 0 Å². The maximum atomic E-state index is 12.4. The molecular weight excluding hydrogens is 382 g/mol. The van der Waals surface area contributed by atoms with Crippen molar-refractivity contribution in [2.75, 3.05) is 19.6 Å². The Morgan fingerprint density at radius 1 is 1.30 bits per heavy atom. The van der Waals surface area contributed by atoms with Crippen LogP contribution in [0.5, 0.6) is 0 Å². The summed E-state index contributed by atoms with van der Waals surface area (Å²) in [5.41, 5.74) is 1.99. The number of aromatic amines is 1. The molecule has 3 N–H and O–H groups in total. The van der Waals surface area contributed by atoms with Gasteiger partial charge in [-0.15, -0.1) is 12.4 Å². The predicted molar refractivity (Wildman–Crippen MR) is 97.4 cm³/mol. The van der Waals surface area contributed by atoms with Gasteiger partial charge in [0.15, 0.2) is 0 Å². The SMILES string of the molecule is Cl.O=C(NCC1=CCNCC1)c1cc(=O)[nH]c2ccc(Br)cc12. The summed E-state index contributed by atoms with van der Waals surface area (Å²) in [6.07, 6.45) is 3.03. The minimum absolute atomic E-state index is 0. The van der Waals surface area contributed by atoms with Gasteiger partial charge in [-0.1, -0.05) is 27.6 Å². The fourth-order valence-corrected chi connectivity index (χ4v) is 2.89. The van der Waals surface area contributed by atoms with Gasteiger partial charge in [0.2, 0.25) is 5.56 Å². The number of nitrogens with one attached hydrogen (secondary N) is 3. The summed E-state index contributed by atoms with van der Waals surface area (Å²) in [7, 11) is 0. The van der Waals surface area contributed by atoms with Crippen LogP contribution >= 0.6 is 28.3 Å². The minimum atomic E-state index is -0.277. The molecule has 2 aromatic rings. The third kappa shape index (κ3) is 4.22. The summed E-state index contributed by atoms with van der Waals surface area (Å²) in [6.45, 7) is 2.29. The zero-order valence-electron chi connectivity index (χ0n) is 12.3. The van der Waals surface area contributed by atoms with Gasteiger partial charge in [-0.05, 0) is 31.2 Å². The lowest BCUT2D eigenvalue weighted by Crippen LogP contribution is -2.30. The topological polar surface area (TPSA) is 74.0 Å². The number of hydrogen-bond donors (Lipinski definition) is 3. The molecule has 1 amide bonds. The summed E-state index contributed by atoms with van der Waals surface area (Å²) in [5, 5.41) is 6.86. The fourth-order valence-electron chi connectivity index (χ4n) is 2.53. The number of pyridine rings is 1. The van der Waals surface area contributed by atoms with Gasteiger partial charge in [-0.25, -0.2) is 0 Å². The van der Waals surface area contributed by atoms with Crippen molar-refractivity contribution in [2.45, 2.75) is 6.42 Å². The van der Waals surface area contributed by atoms with Crippen LogP contribution in [0.1, 0.15) is 16.8 Å². The molecule has 1 aliphatic rings. The Bertz CT molecular complexity index is 817. The normalized spacial score (nSPS) is 14.0. The van der Waals surface area contributed by atoms with E-state index in [1.165, 1.54) is 11.6 Å². The maximum absolute atomic E-state index is 12.4. The second kappa shape index (κ2) is 7.77. The van der Waals surface area contributed by atoms with Gasteiger partial charge in [0.25, 0.3) is 5.91 Å². The zero-order chi connectivity index (χ0) is 15.5. The molecule has 0 unspecified atom stereocenters. The third-order valence-electron chi connectivity index (χ3n) is 3.68. The summed E-state index contributed by atoms with van der Waals surface area (Å²) in [5.74, 6) is -0.228. The Hall–Kier alpha value is -1.63. The summed E-state index contributed by atoms with van der Waals surface area (Å²) < 4.78 is 0.863. The summed E-state index contributed by atoms with van der Waals surface area (Å²) >= 11 is 3.40. The highest BCUT2D eigenvalue weighted by Crippen LogP contribution is 2.20. The number of benzene rings is 1. The van der Waals surface area contributed by atoms with E-state index in [0.29, 0.717) is 17.6 Å². The van der Waals surface area contributed by atoms with Crippen molar-refractivity contribution in [1.29, 1.82) is 0 Å². The van der Waals surface area contributed by atoms with Crippen LogP contribution < -0.4 is 16.2 Å².